The molecule has 76 heavy (non-hydrogen) atoms. The van der Waals surface area contributed by atoms with Gasteiger partial charge in [-0.05, 0) is 122 Å². The second kappa shape index (κ2) is 62.8. The van der Waals surface area contributed by atoms with E-state index in [4.69, 9.17) is 14.2 Å². The number of carbonyl (C=O) groups is 3. The van der Waals surface area contributed by atoms with Crippen molar-refractivity contribution in [1.82, 2.24) is 0 Å². The van der Waals surface area contributed by atoms with Crippen LogP contribution in [0.15, 0.2) is 146 Å². The van der Waals surface area contributed by atoms with Crippen LogP contribution in [0.4, 0.5) is 0 Å². The van der Waals surface area contributed by atoms with E-state index in [9.17, 15) is 14.4 Å². The average Bonchev–Trinajstić information content (AvgIpc) is 3.42. The van der Waals surface area contributed by atoms with E-state index >= 15 is 0 Å². The van der Waals surface area contributed by atoms with Gasteiger partial charge in [-0.3, -0.25) is 14.4 Å². The zero-order valence-electron chi connectivity index (χ0n) is 49.0. The lowest BCUT2D eigenvalue weighted by Crippen LogP contribution is -2.30. The minimum Gasteiger partial charge on any atom is -0.462 e. The maximum absolute atomic E-state index is 12.9. The fourth-order valence-corrected chi connectivity index (χ4v) is 8.04. The van der Waals surface area contributed by atoms with Crippen LogP contribution in [0.5, 0.6) is 0 Å². The van der Waals surface area contributed by atoms with Crippen LogP contribution >= 0.6 is 0 Å². The van der Waals surface area contributed by atoms with Crippen LogP contribution in [-0.4, -0.2) is 37.2 Å². The van der Waals surface area contributed by atoms with Gasteiger partial charge in [0.05, 0.1) is 0 Å². The maximum atomic E-state index is 12.9. The molecule has 0 heterocycles. The van der Waals surface area contributed by atoms with Crippen molar-refractivity contribution in [3.8, 4) is 0 Å². The Bertz CT molecular complexity index is 1680. The van der Waals surface area contributed by atoms with E-state index in [1.54, 1.807) is 0 Å². The minimum absolute atomic E-state index is 0.0950. The summed E-state index contributed by atoms with van der Waals surface area (Å²) in [6.07, 6.45) is 90.0. The van der Waals surface area contributed by atoms with Gasteiger partial charge in [0.15, 0.2) is 6.10 Å². The number of hydrogen-bond acceptors (Lipinski definition) is 6. The molecule has 0 aromatic carbocycles. The summed E-state index contributed by atoms with van der Waals surface area (Å²) >= 11 is 0. The third-order valence-electron chi connectivity index (χ3n) is 12.6. The zero-order valence-corrected chi connectivity index (χ0v) is 49.0. The molecule has 0 spiro atoms. The summed E-state index contributed by atoms with van der Waals surface area (Å²) < 4.78 is 16.8. The topological polar surface area (TPSA) is 78.9 Å². The summed E-state index contributed by atoms with van der Waals surface area (Å²) in [6, 6.07) is 0. The third-order valence-corrected chi connectivity index (χ3v) is 12.6. The summed E-state index contributed by atoms with van der Waals surface area (Å²) in [4.78, 5) is 38.1. The van der Waals surface area contributed by atoms with Crippen LogP contribution in [0.25, 0.3) is 0 Å². The zero-order chi connectivity index (χ0) is 55.0. The predicted molar refractivity (Wildman–Crippen MR) is 329 cm³/mol. The lowest BCUT2D eigenvalue weighted by atomic mass is 10.1. The van der Waals surface area contributed by atoms with E-state index in [1.165, 1.54) is 64.2 Å². The first-order valence-corrected chi connectivity index (χ1v) is 30.8. The second-order valence-electron chi connectivity index (χ2n) is 19.9. The molecule has 0 aliphatic carbocycles. The summed E-state index contributed by atoms with van der Waals surface area (Å²) in [6.45, 7) is 6.35. The van der Waals surface area contributed by atoms with Crippen molar-refractivity contribution in [2.75, 3.05) is 13.2 Å². The number of ether oxygens (including phenoxy) is 3. The van der Waals surface area contributed by atoms with Crippen LogP contribution < -0.4 is 0 Å². The number of hydrogen-bond donors (Lipinski definition) is 0. The Morgan fingerprint density at radius 3 is 0.803 bits per heavy atom. The van der Waals surface area contributed by atoms with Gasteiger partial charge >= 0.3 is 17.9 Å². The molecule has 1 atom stereocenters. The molecule has 0 amide bonds. The second-order valence-corrected chi connectivity index (χ2v) is 19.9. The van der Waals surface area contributed by atoms with Crippen LogP contribution in [0.3, 0.4) is 0 Å². The van der Waals surface area contributed by atoms with Crippen LogP contribution in [0.2, 0.25) is 0 Å². The van der Waals surface area contributed by atoms with E-state index in [1.807, 2.05) is 0 Å². The number of unbranched alkanes of at least 4 members (excludes halogenated alkanes) is 19. The lowest BCUT2D eigenvalue weighted by Gasteiger charge is -2.18. The van der Waals surface area contributed by atoms with Crippen LogP contribution in [0, 0.1) is 0 Å². The highest BCUT2D eigenvalue weighted by atomic mass is 16.6. The molecule has 0 saturated carbocycles. The summed E-state index contributed by atoms with van der Waals surface area (Å²) in [7, 11) is 0. The fourth-order valence-electron chi connectivity index (χ4n) is 8.04. The molecule has 6 nitrogen and oxygen atoms in total. The van der Waals surface area contributed by atoms with E-state index in [0.29, 0.717) is 19.3 Å². The molecular weight excluding hydrogens is 937 g/mol. The normalized spacial score (nSPS) is 13.1. The van der Waals surface area contributed by atoms with E-state index in [2.05, 4.69) is 167 Å². The van der Waals surface area contributed by atoms with Crippen molar-refractivity contribution < 1.29 is 28.6 Å². The van der Waals surface area contributed by atoms with Crippen molar-refractivity contribution in [3.63, 3.8) is 0 Å². The molecule has 0 radical (unpaired) electrons. The van der Waals surface area contributed by atoms with Gasteiger partial charge in [-0.2, -0.15) is 0 Å². The molecule has 0 aliphatic heterocycles. The fraction of sp³-hybridized carbons (Fsp3) is 0.614. The molecule has 0 rings (SSSR count). The van der Waals surface area contributed by atoms with Gasteiger partial charge in [0.2, 0.25) is 0 Å². The van der Waals surface area contributed by atoms with E-state index in [-0.39, 0.29) is 31.1 Å². The Hall–Kier alpha value is -4.71. The van der Waals surface area contributed by atoms with Gasteiger partial charge in [0.1, 0.15) is 13.2 Å². The summed E-state index contributed by atoms with van der Waals surface area (Å²) in [5.74, 6) is -0.936. The number of esters is 3. The maximum Gasteiger partial charge on any atom is 0.306 e. The Morgan fingerprint density at radius 2 is 0.513 bits per heavy atom. The molecule has 0 aliphatic rings. The number of carbonyl (C=O) groups excluding carboxylic acids is 3. The quantitative estimate of drug-likeness (QED) is 0.0261. The minimum atomic E-state index is -0.800. The van der Waals surface area contributed by atoms with Gasteiger partial charge in [0, 0.05) is 19.3 Å². The van der Waals surface area contributed by atoms with Gasteiger partial charge in [-0.15, -0.1) is 0 Å². The highest BCUT2D eigenvalue weighted by Gasteiger charge is 2.19. The monoisotopic (exact) mass is 1050 g/mol. The van der Waals surface area contributed by atoms with Crippen molar-refractivity contribution in [2.24, 2.45) is 0 Å². The smallest absolute Gasteiger partial charge is 0.306 e. The molecule has 428 valence electrons. The molecule has 0 aromatic rings. The largest absolute Gasteiger partial charge is 0.462 e. The van der Waals surface area contributed by atoms with E-state index < -0.39 is 6.10 Å². The van der Waals surface area contributed by atoms with Crippen molar-refractivity contribution in [3.05, 3.63) is 146 Å². The molecule has 1 unspecified atom stereocenters. The molecule has 0 N–H and O–H groups in total. The standard InChI is InChI=1S/C70H112O6/c1-4-7-10-13-16-19-21-23-25-27-29-31-33-34-35-36-38-39-41-43-45-47-49-51-54-57-60-63-69(72)75-66-67(65-74-68(71)62-59-56-53-18-15-12-9-6-3)76-70(73)64-61-58-55-52-50-48-46-44-42-40-37-32-30-28-26-24-22-20-17-14-11-8-5-2/h7-8,10-11,16-17,19-20,23-26,29-32,34-35,38-40,42,46,48,67H,4-6,9,12-15,18,21-22,27-28,33,36-37,41,43-45,47,49-66H2,1-3H3/b10-7-,11-8-,19-16-,20-17-,25-23-,26-24-,31-29-,32-30-,35-34-,39-38-,42-40-,48-46-. The highest BCUT2D eigenvalue weighted by Crippen LogP contribution is 2.14. The molecule has 6 heteroatoms. The molecule has 0 fully saturated rings. The lowest BCUT2D eigenvalue weighted by molar-refractivity contribution is -0.167. The predicted octanol–water partition coefficient (Wildman–Crippen LogP) is 21.2. The molecule has 0 aromatic heterocycles. The Labute approximate surface area is 467 Å². The van der Waals surface area contributed by atoms with Crippen molar-refractivity contribution >= 4 is 17.9 Å². The van der Waals surface area contributed by atoms with Crippen molar-refractivity contribution in [2.45, 2.75) is 264 Å². The third kappa shape index (κ3) is 60.2. The Balaban J connectivity index is 4.30. The first-order valence-electron chi connectivity index (χ1n) is 30.8. The van der Waals surface area contributed by atoms with Gasteiger partial charge in [-0.1, -0.05) is 263 Å². The van der Waals surface area contributed by atoms with Gasteiger partial charge < -0.3 is 14.2 Å². The van der Waals surface area contributed by atoms with Crippen molar-refractivity contribution in [1.29, 1.82) is 0 Å². The summed E-state index contributed by atoms with van der Waals surface area (Å²) in [5.41, 5.74) is 0. The first kappa shape index (κ1) is 71.3. The number of rotatable bonds is 54. The van der Waals surface area contributed by atoms with Gasteiger partial charge in [0.25, 0.3) is 0 Å². The highest BCUT2D eigenvalue weighted by molar-refractivity contribution is 5.71. The van der Waals surface area contributed by atoms with Gasteiger partial charge in [-0.25, -0.2) is 0 Å². The molecular formula is C70H112O6. The molecule has 0 saturated heterocycles. The Morgan fingerprint density at radius 1 is 0.276 bits per heavy atom. The van der Waals surface area contributed by atoms with Crippen LogP contribution in [0.1, 0.15) is 258 Å². The van der Waals surface area contributed by atoms with E-state index in [0.717, 1.165) is 154 Å². The Kier molecular flexibility index (Phi) is 58.9. The number of allylic oxidation sites excluding steroid dienone is 24. The average molecular weight is 1050 g/mol. The SMILES string of the molecule is CC/C=C\C/C=C\C/C=C\C/C=C\C/C=C\C/C=C\CCCCCCCCCCC(=O)OCC(COC(=O)CCCCCCCCCC)OC(=O)CCCCCC/C=C\C/C=C\C/C=C\C/C=C\C/C=C\C/C=C\CC. The van der Waals surface area contributed by atoms with Crippen LogP contribution in [-0.2, 0) is 28.6 Å². The molecule has 0 bridgehead atoms. The summed E-state index contributed by atoms with van der Waals surface area (Å²) in [5, 5.41) is 0. The first-order chi connectivity index (χ1) is 37.5.